The summed E-state index contributed by atoms with van der Waals surface area (Å²) in [7, 11) is 0. The van der Waals surface area contributed by atoms with Gasteiger partial charge >= 0.3 is 6.01 Å². The summed E-state index contributed by atoms with van der Waals surface area (Å²) >= 11 is 0. The molecule has 2 aromatic rings. The lowest BCUT2D eigenvalue weighted by Gasteiger charge is -2.11. The fourth-order valence-electron chi connectivity index (χ4n) is 1.92. The molecule has 1 heterocycles. The van der Waals surface area contributed by atoms with Crippen LogP contribution in [-0.4, -0.2) is 16.0 Å². The van der Waals surface area contributed by atoms with Crippen LogP contribution in [0.3, 0.4) is 0 Å². The van der Waals surface area contributed by atoms with Crippen molar-refractivity contribution in [3.63, 3.8) is 0 Å². The molecule has 0 amide bonds. The zero-order valence-electron chi connectivity index (χ0n) is 14.5. The lowest BCUT2D eigenvalue weighted by molar-refractivity contribution is 0.279. The van der Waals surface area contributed by atoms with Gasteiger partial charge in [0.05, 0.1) is 12.2 Å². The smallest absolute Gasteiger partial charge is 0.318 e. The van der Waals surface area contributed by atoms with Gasteiger partial charge in [0.1, 0.15) is 6.61 Å². The summed E-state index contributed by atoms with van der Waals surface area (Å²) in [6.45, 7) is 8.44. The molecule has 5 nitrogen and oxygen atoms in total. The Balaban J connectivity index is 2.05. The van der Waals surface area contributed by atoms with Gasteiger partial charge in [-0.25, -0.2) is 9.37 Å². The van der Waals surface area contributed by atoms with E-state index in [9.17, 15) is 4.39 Å². The van der Waals surface area contributed by atoms with Gasteiger partial charge in [0.15, 0.2) is 5.82 Å². The predicted molar refractivity (Wildman–Crippen MR) is 90.9 cm³/mol. The van der Waals surface area contributed by atoms with Gasteiger partial charge in [-0.15, -0.1) is 5.11 Å². The number of nitrogens with zero attached hydrogens (tertiary/aromatic N) is 4. The number of ether oxygens (including phenoxy) is 1. The Hall–Kier alpha value is -2.37. The number of benzene rings is 1. The van der Waals surface area contributed by atoms with Crippen LogP contribution in [0, 0.1) is 18.7 Å². The zero-order valence-corrected chi connectivity index (χ0v) is 14.5. The third kappa shape index (κ3) is 5.08. The van der Waals surface area contributed by atoms with Crippen LogP contribution in [0.15, 0.2) is 40.7 Å². The Labute approximate surface area is 142 Å². The summed E-state index contributed by atoms with van der Waals surface area (Å²) < 4.78 is 19.3. The van der Waals surface area contributed by atoms with Gasteiger partial charge in [-0.1, -0.05) is 50.1 Å². The molecule has 0 fully saturated rings. The largest absolute Gasteiger partial charge is 0.459 e. The van der Waals surface area contributed by atoms with Crippen molar-refractivity contribution in [2.24, 2.45) is 16.1 Å². The number of azo groups is 1. The highest BCUT2D eigenvalue weighted by Crippen LogP contribution is 2.20. The summed E-state index contributed by atoms with van der Waals surface area (Å²) in [5.74, 6) is -0.340. The molecular formula is C18H23FN4O. The van der Waals surface area contributed by atoms with Crippen LogP contribution < -0.4 is 4.74 Å². The molecule has 0 aliphatic carbocycles. The fourth-order valence-corrected chi connectivity index (χ4v) is 1.92. The van der Waals surface area contributed by atoms with Gasteiger partial charge in [0, 0.05) is 0 Å². The van der Waals surface area contributed by atoms with Crippen molar-refractivity contribution >= 4 is 5.82 Å². The maximum absolute atomic E-state index is 13.8. The first kappa shape index (κ1) is 18.0. The minimum Gasteiger partial charge on any atom is -0.459 e. The second kappa shape index (κ2) is 8.47. The van der Waals surface area contributed by atoms with Crippen LogP contribution in [0.1, 0.15) is 38.3 Å². The van der Waals surface area contributed by atoms with Gasteiger partial charge in [-0.2, -0.15) is 10.1 Å². The number of halogens is 1. The summed E-state index contributed by atoms with van der Waals surface area (Å²) in [6, 6.07) is 8.02. The van der Waals surface area contributed by atoms with Crippen molar-refractivity contribution in [2.75, 3.05) is 0 Å². The maximum Gasteiger partial charge on any atom is 0.318 e. The highest BCUT2D eigenvalue weighted by Gasteiger charge is 2.11. The van der Waals surface area contributed by atoms with Crippen molar-refractivity contribution in [3.8, 4) is 6.01 Å². The van der Waals surface area contributed by atoms with Gasteiger partial charge in [-0.05, 0) is 25.3 Å². The van der Waals surface area contributed by atoms with Crippen molar-refractivity contribution in [2.45, 2.75) is 46.8 Å². The van der Waals surface area contributed by atoms with E-state index in [4.69, 9.17) is 4.74 Å². The molecule has 0 radical (unpaired) electrons. The SMILES string of the molecule is CCC(C)C(C)N=Nc1nc(OCc2ccc(C)cc2)ncc1F. The Kier molecular flexibility index (Phi) is 6.35. The standard InChI is InChI=1S/C18H23FN4O/c1-5-13(3)14(4)22-23-17-16(19)10-20-18(21-17)24-11-15-8-6-12(2)7-9-15/h6-10,13-14H,5,11H2,1-4H3. The first-order chi connectivity index (χ1) is 11.5. The van der Waals surface area contributed by atoms with Crippen molar-refractivity contribution in [1.29, 1.82) is 0 Å². The van der Waals surface area contributed by atoms with E-state index < -0.39 is 5.82 Å². The van der Waals surface area contributed by atoms with Crippen molar-refractivity contribution in [1.82, 2.24) is 9.97 Å². The lowest BCUT2D eigenvalue weighted by atomic mass is 10.0. The van der Waals surface area contributed by atoms with E-state index in [2.05, 4.69) is 34.0 Å². The van der Waals surface area contributed by atoms with Crippen LogP contribution in [0.5, 0.6) is 6.01 Å². The molecule has 0 bridgehead atoms. The molecule has 1 aromatic carbocycles. The Bertz CT molecular complexity index is 688. The molecule has 0 N–H and O–H groups in total. The average molecular weight is 330 g/mol. The molecular weight excluding hydrogens is 307 g/mol. The first-order valence-corrected chi connectivity index (χ1v) is 8.11. The Morgan fingerprint density at radius 1 is 1.21 bits per heavy atom. The molecule has 24 heavy (non-hydrogen) atoms. The van der Waals surface area contributed by atoms with Gasteiger partial charge in [0.2, 0.25) is 5.82 Å². The Morgan fingerprint density at radius 3 is 2.58 bits per heavy atom. The third-order valence-corrected chi connectivity index (χ3v) is 3.99. The van der Waals surface area contributed by atoms with Gasteiger partial charge in [-0.3, -0.25) is 0 Å². The minimum absolute atomic E-state index is 0.00120. The number of rotatable bonds is 7. The Morgan fingerprint density at radius 2 is 1.92 bits per heavy atom. The summed E-state index contributed by atoms with van der Waals surface area (Å²) in [6.07, 6.45) is 2.04. The molecule has 1 aromatic heterocycles. The monoisotopic (exact) mass is 330 g/mol. The van der Waals surface area contributed by atoms with Crippen molar-refractivity contribution in [3.05, 3.63) is 47.4 Å². The quantitative estimate of drug-likeness (QED) is 0.670. The molecule has 2 unspecified atom stereocenters. The van der Waals surface area contributed by atoms with Crippen LogP contribution in [-0.2, 0) is 6.61 Å². The van der Waals surface area contributed by atoms with E-state index in [1.54, 1.807) is 0 Å². The summed E-state index contributed by atoms with van der Waals surface area (Å²) in [5.41, 5.74) is 2.16. The van der Waals surface area contributed by atoms with Gasteiger partial charge in [0.25, 0.3) is 0 Å². The zero-order chi connectivity index (χ0) is 17.5. The predicted octanol–water partition coefficient (Wildman–Crippen LogP) is 5.02. The molecule has 0 aliphatic rings. The lowest BCUT2D eigenvalue weighted by Crippen LogP contribution is -2.09. The summed E-state index contributed by atoms with van der Waals surface area (Å²) in [4.78, 5) is 7.83. The normalized spacial score (nSPS) is 13.9. The topological polar surface area (TPSA) is 59.7 Å². The van der Waals surface area contributed by atoms with Crippen LogP contribution in [0.4, 0.5) is 10.2 Å². The van der Waals surface area contributed by atoms with Crippen LogP contribution in [0.2, 0.25) is 0 Å². The third-order valence-electron chi connectivity index (χ3n) is 3.99. The molecule has 2 atom stereocenters. The average Bonchev–Trinajstić information content (AvgIpc) is 2.60. The van der Waals surface area contributed by atoms with E-state index >= 15 is 0 Å². The van der Waals surface area contributed by atoms with Crippen molar-refractivity contribution < 1.29 is 9.13 Å². The highest BCUT2D eigenvalue weighted by molar-refractivity contribution is 5.28. The minimum atomic E-state index is -0.613. The van der Waals surface area contributed by atoms with Crippen LogP contribution >= 0.6 is 0 Å². The van der Waals surface area contributed by atoms with E-state index in [0.29, 0.717) is 12.5 Å². The molecule has 2 rings (SSSR count). The number of hydrogen-bond acceptors (Lipinski definition) is 5. The molecule has 0 spiro atoms. The first-order valence-electron chi connectivity index (χ1n) is 8.11. The van der Waals surface area contributed by atoms with Crippen LogP contribution in [0.25, 0.3) is 0 Å². The molecule has 0 saturated carbocycles. The van der Waals surface area contributed by atoms with E-state index in [1.807, 2.05) is 38.1 Å². The molecule has 0 aliphatic heterocycles. The van der Waals surface area contributed by atoms with E-state index in [-0.39, 0.29) is 17.9 Å². The molecule has 6 heteroatoms. The molecule has 0 saturated heterocycles. The van der Waals surface area contributed by atoms with E-state index in [0.717, 1.165) is 18.2 Å². The number of aryl methyl sites for hydroxylation is 1. The fraction of sp³-hybridized carbons (Fsp3) is 0.444. The summed E-state index contributed by atoms with van der Waals surface area (Å²) in [5, 5.41) is 8.06. The highest BCUT2D eigenvalue weighted by atomic mass is 19.1. The second-order valence-electron chi connectivity index (χ2n) is 5.94. The second-order valence-corrected chi connectivity index (χ2v) is 5.94. The van der Waals surface area contributed by atoms with E-state index in [1.165, 1.54) is 5.56 Å². The van der Waals surface area contributed by atoms with Gasteiger partial charge < -0.3 is 4.74 Å². The number of hydrogen-bond donors (Lipinski definition) is 0. The number of aromatic nitrogens is 2. The molecule has 128 valence electrons. The maximum atomic E-state index is 13.8.